The summed E-state index contributed by atoms with van der Waals surface area (Å²) < 4.78 is 5.47. The summed E-state index contributed by atoms with van der Waals surface area (Å²) in [7, 11) is 0. The van der Waals surface area contributed by atoms with Crippen LogP contribution in [0, 0.1) is 23.7 Å². The molecule has 0 aromatic heterocycles. The molecule has 4 fully saturated rings. The fraction of sp³-hybridized carbons (Fsp3) is 0.947. The summed E-state index contributed by atoms with van der Waals surface area (Å²) in [4.78, 5) is 14.9. The Balaban J connectivity index is 1.15. The topological polar surface area (TPSA) is 41.6 Å². The second kappa shape index (κ2) is 7.10. The van der Waals surface area contributed by atoms with Gasteiger partial charge in [0.25, 0.3) is 0 Å². The van der Waals surface area contributed by atoms with E-state index in [1.165, 1.54) is 38.6 Å². The first kappa shape index (κ1) is 15.9. The number of ether oxygens (including phenoxy) is 1. The van der Waals surface area contributed by atoms with Crippen molar-refractivity contribution >= 4 is 5.91 Å². The number of fused-ring (bicyclic) bond motifs is 2. The maximum atomic E-state index is 12.4. The molecule has 130 valence electrons. The Labute approximate surface area is 140 Å². The van der Waals surface area contributed by atoms with E-state index < -0.39 is 0 Å². The summed E-state index contributed by atoms with van der Waals surface area (Å²) >= 11 is 0. The summed E-state index contributed by atoms with van der Waals surface area (Å²) in [5, 5.41) is 3.33. The lowest BCUT2D eigenvalue weighted by Gasteiger charge is -2.34. The lowest BCUT2D eigenvalue weighted by atomic mass is 9.86. The minimum atomic E-state index is 0.324. The predicted octanol–water partition coefficient (Wildman–Crippen LogP) is 2.43. The van der Waals surface area contributed by atoms with Crippen LogP contribution in [0.3, 0.4) is 0 Å². The molecule has 4 nitrogen and oxygen atoms in total. The van der Waals surface area contributed by atoms with Crippen LogP contribution in [0.4, 0.5) is 0 Å². The van der Waals surface area contributed by atoms with E-state index in [2.05, 4.69) is 10.2 Å². The van der Waals surface area contributed by atoms with Crippen LogP contribution in [0.15, 0.2) is 0 Å². The van der Waals surface area contributed by atoms with Crippen molar-refractivity contribution in [1.82, 2.24) is 10.2 Å². The van der Waals surface area contributed by atoms with Gasteiger partial charge < -0.3 is 15.0 Å². The smallest absolute Gasteiger partial charge is 0.220 e. The van der Waals surface area contributed by atoms with E-state index in [9.17, 15) is 4.79 Å². The van der Waals surface area contributed by atoms with Gasteiger partial charge >= 0.3 is 0 Å². The van der Waals surface area contributed by atoms with Crippen molar-refractivity contribution < 1.29 is 9.53 Å². The number of nitrogens with zero attached hydrogens (tertiary/aromatic N) is 1. The Morgan fingerprint density at radius 3 is 2.61 bits per heavy atom. The van der Waals surface area contributed by atoms with Crippen molar-refractivity contribution in [3.05, 3.63) is 0 Å². The van der Waals surface area contributed by atoms with Crippen molar-refractivity contribution in [1.29, 1.82) is 0 Å². The highest BCUT2D eigenvalue weighted by Crippen LogP contribution is 2.49. The summed E-state index contributed by atoms with van der Waals surface area (Å²) in [6, 6.07) is 0.414. The SMILES string of the molecule is O=C(C[C@@H]1C[C@H]2CC[C@H]1C2)NC1CCN(C[C@@H]2CCOC2)CC1. The van der Waals surface area contributed by atoms with E-state index in [4.69, 9.17) is 4.74 Å². The van der Waals surface area contributed by atoms with Crippen molar-refractivity contribution in [3.63, 3.8) is 0 Å². The largest absolute Gasteiger partial charge is 0.381 e. The van der Waals surface area contributed by atoms with Crippen LogP contribution in [-0.4, -0.2) is 49.7 Å². The van der Waals surface area contributed by atoms with E-state index in [0.29, 0.717) is 17.9 Å². The lowest BCUT2D eigenvalue weighted by molar-refractivity contribution is -0.123. The number of rotatable bonds is 5. The first-order valence-electron chi connectivity index (χ1n) is 9.85. The van der Waals surface area contributed by atoms with Gasteiger partial charge in [0.1, 0.15) is 0 Å². The molecular formula is C19H32N2O2. The number of nitrogens with one attached hydrogen (secondary N) is 1. The van der Waals surface area contributed by atoms with E-state index >= 15 is 0 Å². The second-order valence-corrected chi connectivity index (χ2v) is 8.51. The van der Waals surface area contributed by atoms with Gasteiger partial charge in [-0.1, -0.05) is 6.42 Å². The third kappa shape index (κ3) is 3.90. The van der Waals surface area contributed by atoms with Crippen LogP contribution in [0.1, 0.15) is 51.4 Å². The fourth-order valence-electron chi connectivity index (χ4n) is 5.50. The van der Waals surface area contributed by atoms with Crippen LogP contribution in [0.25, 0.3) is 0 Å². The minimum Gasteiger partial charge on any atom is -0.381 e. The molecular weight excluding hydrogens is 288 g/mol. The maximum Gasteiger partial charge on any atom is 0.220 e. The van der Waals surface area contributed by atoms with Crippen LogP contribution in [0.5, 0.6) is 0 Å². The number of likely N-dealkylation sites (tertiary alicyclic amines) is 1. The second-order valence-electron chi connectivity index (χ2n) is 8.51. The molecule has 2 aliphatic heterocycles. The van der Waals surface area contributed by atoms with Crippen LogP contribution in [0.2, 0.25) is 0 Å². The maximum absolute atomic E-state index is 12.4. The molecule has 0 unspecified atom stereocenters. The van der Waals surface area contributed by atoms with E-state index in [0.717, 1.165) is 63.3 Å². The van der Waals surface area contributed by atoms with Gasteiger partial charge in [-0.2, -0.15) is 0 Å². The van der Waals surface area contributed by atoms with Crippen molar-refractivity contribution in [2.75, 3.05) is 32.8 Å². The summed E-state index contributed by atoms with van der Waals surface area (Å²) in [5.41, 5.74) is 0. The molecule has 2 aliphatic carbocycles. The number of hydrogen-bond acceptors (Lipinski definition) is 3. The number of hydrogen-bond donors (Lipinski definition) is 1. The molecule has 4 rings (SSSR count). The third-order valence-corrected chi connectivity index (χ3v) is 6.83. The Bertz CT molecular complexity index is 414. The normalized spacial score (nSPS) is 38.3. The summed E-state index contributed by atoms with van der Waals surface area (Å²) in [6.07, 6.45) is 9.79. The highest BCUT2D eigenvalue weighted by molar-refractivity contribution is 5.76. The van der Waals surface area contributed by atoms with Crippen LogP contribution >= 0.6 is 0 Å². The molecule has 4 atom stereocenters. The van der Waals surface area contributed by atoms with Crippen molar-refractivity contribution in [2.45, 2.75) is 57.4 Å². The Kier molecular flexibility index (Phi) is 4.91. The first-order chi connectivity index (χ1) is 11.3. The number of amides is 1. The number of piperidine rings is 1. The zero-order valence-corrected chi connectivity index (χ0v) is 14.3. The van der Waals surface area contributed by atoms with Gasteiger partial charge in [0.15, 0.2) is 0 Å². The molecule has 1 N–H and O–H groups in total. The molecule has 0 aromatic rings. The Hall–Kier alpha value is -0.610. The highest BCUT2D eigenvalue weighted by Gasteiger charge is 2.40. The van der Waals surface area contributed by atoms with Gasteiger partial charge in [0.2, 0.25) is 5.91 Å². The minimum absolute atomic E-state index is 0.324. The number of carbonyl (C=O) groups excluding carboxylic acids is 1. The Morgan fingerprint density at radius 1 is 1.09 bits per heavy atom. The monoisotopic (exact) mass is 320 g/mol. The van der Waals surface area contributed by atoms with Crippen molar-refractivity contribution in [3.8, 4) is 0 Å². The third-order valence-electron chi connectivity index (χ3n) is 6.83. The molecule has 0 radical (unpaired) electrons. The molecule has 2 bridgehead atoms. The van der Waals surface area contributed by atoms with Crippen LogP contribution < -0.4 is 5.32 Å². The van der Waals surface area contributed by atoms with E-state index in [1.54, 1.807) is 0 Å². The van der Waals surface area contributed by atoms with Gasteiger partial charge in [-0.3, -0.25) is 4.79 Å². The van der Waals surface area contributed by atoms with Gasteiger partial charge in [-0.25, -0.2) is 0 Å². The van der Waals surface area contributed by atoms with Gasteiger partial charge in [0, 0.05) is 38.7 Å². The zero-order chi connectivity index (χ0) is 15.6. The van der Waals surface area contributed by atoms with Gasteiger partial charge in [0.05, 0.1) is 6.61 Å². The summed E-state index contributed by atoms with van der Waals surface area (Å²) in [5.74, 6) is 3.56. The molecule has 2 saturated carbocycles. The number of carbonyl (C=O) groups is 1. The Morgan fingerprint density at radius 2 is 1.96 bits per heavy atom. The molecule has 23 heavy (non-hydrogen) atoms. The first-order valence-corrected chi connectivity index (χ1v) is 9.85. The highest BCUT2D eigenvalue weighted by atomic mass is 16.5. The zero-order valence-electron chi connectivity index (χ0n) is 14.3. The predicted molar refractivity (Wildman–Crippen MR) is 90.1 cm³/mol. The summed E-state index contributed by atoms with van der Waals surface area (Å²) in [6.45, 7) is 5.34. The quantitative estimate of drug-likeness (QED) is 0.846. The fourth-order valence-corrected chi connectivity index (χ4v) is 5.50. The van der Waals surface area contributed by atoms with E-state index in [-0.39, 0.29) is 0 Å². The standard InChI is InChI=1S/C19H32N2O2/c22-19(11-17-10-14-1-2-16(17)9-14)20-18-3-6-21(7-4-18)12-15-5-8-23-13-15/h14-18H,1-13H2,(H,20,22)/t14-,15-,16-,17-/m0/s1. The molecule has 4 heteroatoms. The average Bonchev–Trinajstić information content (AvgIpc) is 3.27. The van der Waals surface area contributed by atoms with Gasteiger partial charge in [-0.15, -0.1) is 0 Å². The molecule has 0 spiro atoms. The lowest BCUT2D eigenvalue weighted by Crippen LogP contribution is -2.46. The molecule has 1 amide bonds. The van der Waals surface area contributed by atoms with Crippen LogP contribution in [-0.2, 0) is 9.53 Å². The molecule has 2 heterocycles. The van der Waals surface area contributed by atoms with Crippen molar-refractivity contribution in [2.24, 2.45) is 23.7 Å². The average molecular weight is 320 g/mol. The molecule has 4 aliphatic rings. The van der Waals surface area contributed by atoms with E-state index in [1.807, 2.05) is 0 Å². The molecule has 2 saturated heterocycles. The molecule has 0 aromatic carbocycles. The van der Waals surface area contributed by atoms with Gasteiger partial charge in [-0.05, 0) is 62.2 Å².